The van der Waals surface area contributed by atoms with Gasteiger partial charge in [0.2, 0.25) is 0 Å². The molecule has 0 bridgehead atoms. The topological polar surface area (TPSA) is 77.6 Å². The third-order valence-electron chi connectivity index (χ3n) is 5.03. The molecule has 1 saturated heterocycles. The number of aliphatic hydroxyl groups is 1. The summed E-state index contributed by atoms with van der Waals surface area (Å²) >= 11 is 0. The fourth-order valence-corrected chi connectivity index (χ4v) is 3.53. The van der Waals surface area contributed by atoms with E-state index in [2.05, 4.69) is 34.3 Å². The van der Waals surface area contributed by atoms with Gasteiger partial charge >= 0.3 is 0 Å². The van der Waals surface area contributed by atoms with Gasteiger partial charge in [0.05, 0.1) is 25.4 Å². The van der Waals surface area contributed by atoms with Gasteiger partial charge in [0.15, 0.2) is 0 Å². The van der Waals surface area contributed by atoms with Crippen LogP contribution in [0.2, 0.25) is 0 Å². The zero-order valence-electron chi connectivity index (χ0n) is 15.1. The van der Waals surface area contributed by atoms with Gasteiger partial charge in [-0.2, -0.15) is 0 Å². The number of benzene rings is 1. The second-order valence-corrected chi connectivity index (χ2v) is 6.99. The Kier molecular flexibility index (Phi) is 6.21. The minimum Gasteiger partial charge on any atom is -0.394 e. The molecule has 0 amide bonds. The molecule has 2 heterocycles. The van der Waals surface area contributed by atoms with Gasteiger partial charge in [-0.15, -0.1) is 0 Å². The van der Waals surface area contributed by atoms with E-state index in [-0.39, 0.29) is 18.2 Å². The van der Waals surface area contributed by atoms with Gasteiger partial charge in [0.25, 0.3) is 5.56 Å². The molecule has 2 atom stereocenters. The summed E-state index contributed by atoms with van der Waals surface area (Å²) in [5, 5.41) is 13.6. The second kappa shape index (κ2) is 8.60. The lowest BCUT2D eigenvalue weighted by atomic mass is 9.94. The number of nitrogens with zero attached hydrogens (tertiary/aromatic N) is 1. The summed E-state index contributed by atoms with van der Waals surface area (Å²) in [6.45, 7) is 4.95. The zero-order valence-corrected chi connectivity index (χ0v) is 15.1. The first kappa shape index (κ1) is 18.8. The first-order valence-electron chi connectivity index (χ1n) is 9.01. The van der Waals surface area contributed by atoms with Crippen LogP contribution < -0.4 is 10.9 Å². The molecule has 26 heavy (non-hydrogen) atoms. The van der Waals surface area contributed by atoms with E-state index < -0.39 is 5.54 Å². The number of hydrogen-bond acceptors (Lipinski definition) is 5. The average molecular weight is 357 g/mol. The quantitative estimate of drug-likeness (QED) is 0.692. The van der Waals surface area contributed by atoms with Crippen LogP contribution in [-0.2, 0) is 17.8 Å². The summed E-state index contributed by atoms with van der Waals surface area (Å²) in [7, 11) is 0. The number of aromatic nitrogens is 1. The number of hydrogen-bond donors (Lipinski definition) is 3. The van der Waals surface area contributed by atoms with Crippen LogP contribution >= 0.6 is 0 Å². The number of H-pyrrole nitrogens is 1. The average Bonchev–Trinajstić information content (AvgIpc) is 2.67. The molecule has 0 aliphatic carbocycles. The van der Waals surface area contributed by atoms with Crippen LogP contribution in [0.15, 0.2) is 53.5 Å². The number of pyridine rings is 1. The summed E-state index contributed by atoms with van der Waals surface area (Å²) in [6, 6.07) is 14.1. The normalized spacial score (nSPS) is 23.8. The van der Waals surface area contributed by atoms with E-state index >= 15 is 0 Å². The van der Waals surface area contributed by atoms with Crippen LogP contribution in [0.25, 0.3) is 0 Å². The van der Waals surface area contributed by atoms with Gasteiger partial charge < -0.3 is 20.1 Å². The lowest BCUT2D eigenvalue weighted by molar-refractivity contribution is -0.122. The summed E-state index contributed by atoms with van der Waals surface area (Å²) in [5.74, 6) is 0. The Bertz CT molecular complexity index is 749. The third kappa shape index (κ3) is 4.22. The van der Waals surface area contributed by atoms with Crippen molar-refractivity contribution >= 4 is 0 Å². The van der Waals surface area contributed by atoms with Crippen LogP contribution in [0.3, 0.4) is 0 Å². The minimum atomic E-state index is -0.519. The van der Waals surface area contributed by atoms with Gasteiger partial charge in [0.1, 0.15) is 0 Å². The number of rotatable bonds is 7. The molecule has 3 rings (SSSR count). The van der Waals surface area contributed by atoms with Crippen molar-refractivity contribution in [1.29, 1.82) is 0 Å². The predicted molar refractivity (Wildman–Crippen MR) is 101 cm³/mol. The standard InChI is InChI=1S/C20H27N3O3/c1-16-12-26-15-20(14-24,23(16)11-17-6-3-2-4-7-17)13-21-10-18-8-5-9-22-19(18)25/h2-9,16,21,24H,10-15H2,1H3,(H,22,25)/t16-,20+/m1/s1. The molecule has 6 heteroatoms. The molecule has 0 saturated carbocycles. The lowest BCUT2D eigenvalue weighted by Gasteiger charge is -2.49. The summed E-state index contributed by atoms with van der Waals surface area (Å²) in [5.41, 5.74) is 1.28. The maximum absolute atomic E-state index is 11.8. The maximum Gasteiger partial charge on any atom is 0.252 e. The Hall–Kier alpha value is -1.99. The Morgan fingerprint density at radius 2 is 2.12 bits per heavy atom. The smallest absolute Gasteiger partial charge is 0.252 e. The Balaban J connectivity index is 1.72. The van der Waals surface area contributed by atoms with E-state index in [0.717, 1.165) is 6.54 Å². The Labute approximate surface area is 153 Å². The van der Waals surface area contributed by atoms with E-state index in [1.54, 1.807) is 12.3 Å². The number of aromatic amines is 1. The highest BCUT2D eigenvalue weighted by molar-refractivity contribution is 5.16. The molecule has 0 radical (unpaired) electrons. The largest absolute Gasteiger partial charge is 0.394 e. The fraction of sp³-hybridized carbons (Fsp3) is 0.450. The van der Waals surface area contributed by atoms with Crippen molar-refractivity contribution in [2.75, 3.05) is 26.4 Å². The summed E-state index contributed by atoms with van der Waals surface area (Å²) in [4.78, 5) is 16.8. The van der Waals surface area contributed by atoms with E-state index in [1.165, 1.54) is 5.56 Å². The molecule has 0 unspecified atom stereocenters. The fourth-order valence-electron chi connectivity index (χ4n) is 3.53. The second-order valence-electron chi connectivity index (χ2n) is 6.99. The van der Waals surface area contributed by atoms with Crippen molar-refractivity contribution in [3.05, 3.63) is 70.1 Å². The van der Waals surface area contributed by atoms with E-state index in [0.29, 0.717) is 31.9 Å². The Morgan fingerprint density at radius 1 is 1.31 bits per heavy atom. The molecule has 1 aliphatic rings. The monoisotopic (exact) mass is 357 g/mol. The number of nitrogens with one attached hydrogen (secondary N) is 2. The van der Waals surface area contributed by atoms with Crippen LogP contribution in [0.1, 0.15) is 18.1 Å². The highest BCUT2D eigenvalue weighted by Crippen LogP contribution is 2.26. The molecule has 1 aliphatic heterocycles. The maximum atomic E-state index is 11.8. The van der Waals surface area contributed by atoms with Gasteiger partial charge in [-0.1, -0.05) is 36.4 Å². The van der Waals surface area contributed by atoms with E-state index in [1.807, 2.05) is 24.3 Å². The van der Waals surface area contributed by atoms with Crippen molar-refractivity contribution in [1.82, 2.24) is 15.2 Å². The molecular formula is C20H27N3O3. The first-order chi connectivity index (χ1) is 12.6. The molecule has 2 aromatic rings. The van der Waals surface area contributed by atoms with Crippen LogP contribution in [0, 0.1) is 0 Å². The molecule has 0 spiro atoms. The third-order valence-corrected chi connectivity index (χ3v) is 5.03. The summed E-state index contributed by atoms with van der Waals surface area (Å²) in [6.07, 6.45) is 1.62. The number of ether oxygens (including phenoxy) is 1. The first-order valence-corrected chi connectivity index (χ1v) is 9.01. The van der Waals surface area contributed by atoms with Crippen LogP contribution in [0.5, 0.6) is 0 Å². The van der Waals surface area contributed by atoms with Gasteiger partial charge in [-0.3, -0.25) is 9.69 Å². The molecule has 140 valence electrons. The van der Waals surface area contributed by atoms with Crippen molar-refractivity contribution in [2.45, 2.75) is 31.6 Å². The van der Waals surface area contributed by atoms with E-state index in [4.69, 9.17) is 4.74 Å². The van der Waals surface area contributed by atoms with Crippen molar-refractivity contribution in [3.8, 4) is 0 Å². The van der Waals surface area contributed by atoms with Crippen molar-refractivity contribution in [3.63, 3.8) is 0 Å². The highest BCUT2D eigenvalue weighted by Gasteiger charge is 2.42. The Morgan fingerprint density at radius 3 is 2.85 bits per heavy atom. The molecule has 1 aromatic carbocycles. The number of morpholine rings is 1. The molecule has 1 aromatic heterocycles. The van der Waals surface area contributed by atoms with Gasteiger partial charge in [-0.25, -0.2) is 0 Å². The van der Waals surface area contributed by atoms with Crippen LogP contribution in [0.4, 0.5) is 0 Å². The zero-order chi connectivity index (χ0) is 18.4. The predicted octanol–water partition coefficient (Wildman–Crippen LogP) is 1.12. The molecule has 3 N–H and O–H groups in total. The number of aliphatic hydroxyl groups excluding tert-OH is 1. The van der Waals surface area contributed by atoms with E-state index in [9.17, 15) is 9.90 Å². The van der Waals surface area contributed by atoms with Crippen LogP contribution in [-0.4, -0.2) is 52.9 Å². The lowest BCUT2D eigenvalue weighted by Crippen LogP contribution is -2.66. The van der Waals surface area contributed by atoms with Crippen molar-refractivity contribution < 1.29 is 9.84 Å². The minimum absolute atomic E-state index is 0.0116. The molecular weight excluding hydrogens is 330 g/mol. The van der Waals surface area contributed by atoms with Gasteiger partial charge in [0, 0.05) is 37.4 Å². The SMILES string of the molecule is C[C@@H]1COC[C@@](CO)(CNCc2ccc[nH]c2=O)N1Cc1ccccc1. The molecule has 1 fully saturated rings. The summed E-state index contributed by atoms with van der Waals surface area (Å²) < 4.78 is 5.77. The van der Waals surface area contributed by atoms with Gasteiger partial charge in [-0.05, 0) is 18.6 Å². The van der Waals surface area contributed by atoms with Crippen molar-refractivity contribution in [2.24, 2.45) is 0 Å². The highest BCUT2D eigenvalue weighted by atomic mass is 16.5. The molecule has 6 nitrogen and oxygen atoms in total.